The van der Waals surface area contributed by atoms with Crippen LogP contribution in [0.4, 0.5) is 0 Å². The first-order valence-electron chi connectivity index (χ1n) is 6.91. The Balaban J connectivity index is 1.99. The minimum absolute atomic E-state index is 0.158. The van der Waals surface area contributed by atoms with Crippen LogP contribution in [0.1, 0.15) is 25.7 Å². The summed E-state index contributed by atoms with van der Waals surface area (Å²) >= 11 is 3.27. The van der Waals surface area contributed by atoms with Gasteiger partial charge in [0.1, 0.15) is 0 Å². The normalized spacial score (nSPS) is 16.3. The number of likely N-dealkylation sites (N-methyl/N-ethyl adjacent to an activating group) is 1. The lowest BCUT2D eigenvalue weighted by molar-refractivity contribution is -0.121. The van der Waals surface area contributed by atoms with E-state index in [1.165, 1.54) is 19.2 Å². The van der Waals surface area contributed by atoms with Crippen molar-refractivity contribution in [3.63, 3.8) is 0 Å². The molecule has 1 saturated carbocycles. The molecule has 1 aliphatic carbocycles. The van der Waals surface area contributed by atoms with Crippen LogP contribution in [0.2, 0.25) is 0 Å². The highest BCUT2D eigenvalue weighted by atomic mass is 79.9. The van der Waals surface area contributed by atoms with E-state index in [0.29, 0.717) is 0 Å². The maximum Gasteiger partial charge on any atom is 0.243 e. The largest absolute Gasteiger partial charge is 0.352 e. The van der Waals surface area contributed by atoms with Gasteiger partial charge in [-0.25, -0.2) is 8.42 Å². The molecule has 0 unspecified atom stereocenters. The number of benzene rings is 1. The predicted molar refractivity (Wildman–Crippen MR) is 84.4 cm³/mol. The average molecular weight is 375 g/mol. The Labute approximate surface area is 133 Å². The van der Waals surface area contributed by atoms with E-state index in [-0.39, 0.29) is 23.4 Å². The molecule has 1 N–H and O–H groups in total. The molecule has 7 heteroatoms. The van der Waals surface area contributed by atoms with E-state index >= 15 is 0 Å². The maximum absolute atomic E-state index is 12.3. The van der Waals surface area contributed by atoms with Crippen molar-refractivity contribution in [3.8, 4) is 0 Å². The molecule has 1 aliphatic rings. The van der Waals surface area contributed by atoms with Gasteiger partial charge in [-0.2, -0.15) is 4.31 Å². The van der Waals surface area contributed by atoms with E-state index in [2.05, 4.69) is 21.2 Å². The lowest BCUT2D eigenvalue weighted by Crippen LogP contribution is -2.41. The zero-order valence-electron chi connectivity index (χ0n) is 11.9. The van der Waals surface area contributed by atoms with Gasteiger partial charge in [0.25, 0.3) is 0 Å². The van der Waals surface area contributed by atoms with Crippen LogP contribution < -0.4 is 5.32 Å². The molecule has 0 aliphatic heterocycles. The van der Waals surface area contributed by atoms with Gasteiger partial charge in [-0.3, -0.25) is 4.79 Å². The Morgan fingerprint density at radius 3 is 2.43 bits per heavy atom. The fourth-order valence-electron chi connectivity index (χ4n) is 2.42. The molecule has 21 heavy (non-hydrogen) atoms. The third kappa shape index (κ3) is 4.28. The lowest BCUT2D eigenvalue weighted by atomic mass is 10.2. The summed E-state index contributed by atoms with van der Waals surface area (Å²) in [5, 5.41) is 2.89. The second-order valence-electron chi connectivity index (χ2n) is 5.26. The van der Waals surface area contributed by atoms with Crippen molar-refractivity contribution < 1.29 is 13.2 Å². The second kappa shape index (κ2) is 6.89. The topological polar surface area (TPSA) is 66.5 Å². The minimum atomic E-state index is -3.63. The Kier molecular flexibility index (Phi) is 5.40. The fourth-order valence-corrected chi connectivity index (χ4v) is 3.81. The smallest absolute Gasteiger partial charge is 0.243 e. The molecule has 1 aromatic rings. The van der Waals surface area contributed by atoms with Gasteiger partial charge in [-0.15, -0.1) is 0 Å². The van der Waals surface area contributed by atoms with E-state index < -0.39 is 10.0 Å². The summed E-state index contributed by atoms with van der Waals surface area (Å²) in [5.41, 5.74) is 0. The second-order valence-corrected chi connectivity index (χ2v) is 8.22. The third-order valence-electron chi connectivity index (χ3n) is 3.61. The molecule has 0 atom stereocenters. The summed E-state index contributed by atoms with van der Waals surface area (Å²) in [5.74, 6) is -0.245. The van der Waals surface area contributed by atoms with Gasteiger partial charge < -0.3 is 5.32 Å². The van der Waals surface area contributed by atoms with Crippen LogP contribution in [0.25, 0.3) is 0 Å². The van der Waals surface area contributed by atoms with Crippen LogP contribution in [0.15, 0.2) is 33.6 Å². The van der Waals surface area contributed by atoms with Crippen molar-refractivity contribution in [2.45, 2.75) is 36.6 Å². The summed E-state index contributed by atoms with van der Waals surface area (Å²) in [6, 6.07) is 6.56. The number of carbonyl (C=O) groups excluding carboxylic acids is 1. The van der Waals surface area contributed by atoms with Crippen molar-refractivity contribution >= 4 is 31.9 Å². The number of nitrogens with one attached hydrogen (secondary N) is 1. The molecule has 0 saturated heterocycles. The summed E-state index contributed by atoms with van der Waals surface area (Å²) in [6.45, 7) is -0.158. The third-order valence-corrected chi connectivity index (χ3v) is 5.95. The molecule has 116 valence electrons. The summed E-state index contributed by atoms with van der Waals surface area (Å²) in [6.07, 6.45) is 4.21. The van der Waals surface area contributed by atoms with E-state index in [4.69, 9.17) is 0 Å². The average Bonchev–Trinajstić information content (AvgIpc) is 2.91. The molecule has 0 spiro atoms. The van der Waals surface area contributed by atoms with E-state index in [9.17, 15) is 13.2 Å². The van der Waals surface area contributed by atoms with Crippen LogP contribution in [0, 0.1) is 0 Å². The van der Waals surface area contributed by atoms with Crippen molar-refractivity contribution in [3.05, 3.63) is 28.7 Å². The molecular formula is C14H19BrN2O3S. The van der Waals surface area contributed by atoms with E-state index in [1.54, 1.807) is 12.1 Å². The Morgan fingerprint density at radius 2 is 1.86 bits per heavy atom. The number of halogens is 1. The first-order valence-corrected chi connectivity index (χ1v) is 9.14. The molecule has 5 nitrogen and oxygen atoms in total. The molecular weight excluding hydrogens is 356 g/mol. The van der Waals surface area contributed by atoms with Gasteiger partial charge in [0.15, 0.2) is 0 Å². The van der Waals surface area contributed by atoms with E-state index in [0.717, 1.165) is 34.5 Å². The number of rotatable bonds is 5. The van der Waals surface area contributed by atoms with Crippen LogP contribution >= 0.6 is 15.9 Å². The van der Waals surface area contributed by atoms with Crippen molar-refractivity contribution in [2.24, 2.45) is 0 Å². The van der Waals surface area contributed by atoms with Crippen molar-refractivity contribution in [2.75, 3.05) is 13.6 Å². The van der Waals surface area contributed by atoms with Gasteiger partial charge in [0.2, 0.25) is 15.9 Å². The molecule has 0 bridgehead atoms. The Bertz CT molecular complexity index is 595. The van der Waals surface area contributed by atoms with Crippen LogP contribution in [0.3, 0.4) is 0 Å². The number of hydrogen-bond acceptors (Lipinski definition) is 3. The lowest BCUT2D eigenvalue weighted by Gasteiger charge is -2.18. The monoisotopic (exact) mass is 374 g/mol. The van der Waals surface area contributed by atoms with Gasteiger partial charge >= 0.3 is 0 Å². The summed E-state index contributed by atoms with van der Waals surface area (Å²) in [4.78, 5) is 12.1. The summed E-state index contributed by atoms with van der Waals surface area (Å²) < 4.78 is 26.6. The van der Waals surface area contributed by atoms with Crippen LogP contribution in [0.5, 0.6) is 0 Å². The zero-order valence-corrected chi connectivity index (χ0v) is 14.3. The number of hydrogen-bond donors (Lipinski definition) is 1. The molecule has 0 radical (unpaired) electrons. The van der Waals surface area contributed by atoms with Gasteiger partial charge in [0, 0.05) is 17.6 Å². The quantitative estimate of drug-likeness (QED) is 0.858. The maximum atomic E-state index is 12.3. The fraction of sp³-hybridized carbons (Fsp3) is 0.500. The highest BCUT2D eigenvalue weighted by Gasteiger charge is 2.24. The summed E-state index contributed by atoms with van der Waals surface area (Å²) in [7, 11) is -2.21. The van der Waals surface area contributed by atoms with Gasteiger partial charge in [-0.05, 0) is 37.1 Å². The van der Waals surface area contributed by atoms with Gasteiger partial charge in [-0.1, -0.05) is 28.8 Å². The Morgan fingerprint density at radius 1 is 1.29 bits per heavy atom. The SMILES string of the molecule is CN(CC(=O)NC1CCCC1)S(=O)(=O)c1ccc(Br)cc1. The number of nitrogens with zero attached hydrogens (tertiary/aromatic N) is 1. The number of sulfonamides is 1. The first kappa shape index (κ1) is 16.5. The minimum Gasteiger partial charge on any atom is -0.352 e. The zero-order chi connectivity index (χ0) is 15.5. The molecule has 0 aromatic heterocycles. The highest BCUT2D eigenvalue weighted by Crippen LogP contribution is 2.19. The van der Waals surface area contributed by atoms with Crippen molar-refractivity contribution in [1.29, 1.82) is 0 Å². The molecule has 0 heterocycles. The van der Waals surface area contributed by atoms with Gasteiger partial charge in [0.05, 0.1) is 11.4 Å². The standard InChI is InChI=1S/C14H19BrN2O3S/c1-17(10-14(18)16-12-4-2-3-5-12)21(19,20)13-8-6-11(15)7-9-13/h6-9,12H,2-5,10H2,1H3,(H,16,18). The number of amides is 1. The highest BCUT2D eigenvalue weighted by molar-refractivity contribution is 9.10. The molecule has 2 rings (SSSR count). The number of carbonyl (C=O) groups is 1. The molecule has 1 amide bonds. The van der Waals surface area contributed by atoms with E-state index in [1.807, 2.05) is 0 Å². The van der Waals surface area contributed by atoms with Crippen LogP contribution in [-0.4, -0.2) is 38.3 Å². The first-order chi connectivity index (χ1) is 9.89. The molecule has 1 aromatic carbocycles. The predicted octanol–water partition coefficient (Wildman–Crippen LogP) is 2.13. The Hall–Kier alpha value is -0.920. The molecule has 1 fully saturated rings. The van der Waals surface area contributed by atoms with Crippen molar-refractivity contribution in [1.82, 2.24) is 9.62 Å². The van der Waals surface area contributed by atoms with Crippen LogP contribution in [-0.2, 0) is 14.8 Å².